The minimum atomic E-state index is -5.29. The zero-order valence-electron chi connectivity index (χ0n) is 14.0. The van der Waals surface area contributed by atoms with Crippen molar-refractivity contribution in [2.75, 3.05) is 6.61 Å². The van der Waals surface area contributed by atoms with Gasteiger partial charge in [0.05, 0.1) is 16.0 Å². The van der Waals surface area contributed by atoms with Crippen molar-refractivity contribution in [1.82, 2.24) is 9.55 Å². The van der Waals surface area contributed by atoms with Gasteiger partial charge in [-0.3, -0.25) is 10.1 Å². The number of alkyl halides is 6. The predicted octanol–water partition coefficient (Wildman–Crippen LogP) is 4.93. The molecule has 0 aliphatic heterocycles. The first-order chi connectivity index (χ1) is 12.9. The van der Waals surface area contributed by atoms with E-state index >= 15 is 0 Å². The van der Waals surface area contributed by atoms with Gasteiger partial charge in [-0.15, -0.1) is 0 Å². The molecule has 0 spiro atoms. The van der Waals surface area contributed by atoms with Gasteiger partial charge in [0.1, 0.15) is 6.61 Å². The number of nitrogens with zero attached hydrogens (tertiary/aromatic N) is 3. The van der Waals surface area contributed by atoms with E-state index in [0.717, 1.165) is 0 Å². The van der Waals surface area contributed by atoms with E-state index in [1.807, 2.05) is 0 Å². The lowest BCUT2D eigenvalue weighted by Crippen LogP contribution is -2.22. The Kier molecular flexibility index (Phi) is 5.66. The van der Waals surface area contributed by atoms with Gasteiger partial charge >= 0.3 is 18.4 Å². The van der Waals surface area contributed by atoms with E-state index < -0.39 is 58.1 Å². The van der Waals surface area contributed by atoms with E-state index in [1.54, 1.807) is 13.0 Å². The molecular weight excluding hydrogens is 400 g/mol. The van der Waals surface area contributed by atoms with Crippen LogP contribution in [0.2, 0.25) is 0 Å². The van der Waals surface area contributed by atoms with Gasteiger partial charge < -0.3 is 4.74 Å². The summed E-state index contributed by atoms with van der Waals surface area (Å²) in [7, 11) is 0. The monoisotopic (exact) mass is 411 g/mol. The number of aromatic nitrogens is 2. The van der Waals surface area contributed by atoms with Crippen LogP contribution in [-0.4, -0.2) is 27.2 Å². The van der Waals surface area contributed by atoms with Gasteiger partial charge in [-0.25, -0.2) is 14.3 Å². The summed E-state index contributed by atoms with van der Waals surface area (Å²) >= 11 is 0. The van der Waals surface area contributed by atoms with E-state index in [0.29, 0.717) is 6.42 Å². The molecule has 7 nitrogen and oxygen atoms in total. The zero-order chi connectivity index (χ0) is 21.3. The SMILES string of the molecule is CCC=CCOC(=O)n1c(C(F)(F)F)nc2cc(C(F)(F)F)cc([N+](=O)[O-])c21. The topological polar surface area (TPSA) is 87.3 Å². The van der Waals surface area contributed by atoms with E-state index in [1.165, 1.54) is 6.08 Å². The Balaban J connectivity index is 2.77. The van der Waals surface area contributed by atoms with Crippen LogP contribution in [0.1, 0.15) is 24.7 Å². The van der Waals surface area contributed by atoms with Gasteiger partial charge in [0.15, 0.2) is 5.52 Å². The molecule has 152 valence electrons. The van der Waals surface area contributed by atoms with Crippen molar-refractivity contribution in [2.24, 2.45) is 0 Å². The maximum absolute atomic E-state index is 13.3. The smallest absolute Gasteiger partial charge is 0.445 e. The maximum Gasteiger partial charge on any atom is 0.450 e. The standard InChI is InChI=1S/C15H11F6N3O4/c1-2-3-4-5-28-13(25)23-11-9(22-12(23)15(19,20)21)6-8(14(16,17)18)7-10(11)24(26)27/h3-4,6-7H,2,5H2,1H3. The number of carbonyl (C=O) groups is 1. The highest BCUT2D eigenvalue weighted by Crippen LogP contribution is 2.39. The summed E-state index contributed by atoms with van der Waals surface area (Å²) in [5.74, 6) is -1.94. The molecule has 0 amide bonds. The molecule has 0 fully saturated rings. The van der Waals surface area contributed by atoms with E-state index in [-0.39, 0.29) is 16.7 Å². The molecule has 0 unspecified atom stereocenters. The molecule has 0 radical (unpaired) electrons. The lowest BCUT2D eigenvalue weighted by Gasteiger charge is -2.10. The number of halogens is 6. The summed E-state index contributed by atoms with van der Waals surface area (Å²) in [4.78, 5) is 25.0. The van der Waals surface area contributed by atoms with Crippen molar-refractivity contribution < 1.29 is 40.8 Å². The first-order valence-electron chi connectivity index (χ1n) is 7.55. The summed E-state index contributed by atoms with van der Waals surface area (Å²) in [5.41, 5.74) is -5.01. The first kappa shape index (κ1) is 21.2. The Labute approximate surface area is 152 Å². The third-order valence-electron chi connectivity index (χ3n) is 3.40. The van der Waals surface area contributed by atoms with Gasteiger partial charge in [-0.1, -0.05) is 19.1 Å². The van der Waals surface area contributed by atoms with Crippen LogP contribution in [0.15, 0.2) is 24.3 Å². The second-order valence-corrected chi connectivity index (χ2v) is 5.34. The number of ether oxygens (including phenoxy) is 1. The molecule has 0 saturated heterocycles. The molecule has 1 heterocycles. The number of hydrogen-bond acceptors (Lipinski definition) is 5. The first-order valence-corrected chi connectivity index (χ1v) is 7.55. The van der Waals surface area contributed by atoms with Crippen LogP contribution in [-0.2, 0) is 17.1 Å². The lowest BCUT2D eigenvalue weighted by molar-refractivity contribution is -0.383. The Hall–Kier alpha value is -3.12. The second-order valence-electron chi connectivity index (χ2n) is 5.34. The van der Waals surface area contributed by atoms with Crippen LogP contribution in [0.3, 0.4) is 0 Å². The fourth-order valence-corrected chi connectivity index (χ4v) is 2.28. The van der Waals surface area contributed by atoms with Crippen LogP contribution in [0, 0.1) is 10.1 Å². The number of hydrogen-bond donors (Lipinski definition) is 0. The van der Waals surface area contributed by atoms with Crippen LogP contribution in [0.25, 0.3) is 11.0 Å². The Morgan fingerprint density at radius 3 is 2.36 bits per heavy atom. The van der Waals surface area contributed by atoms with Crippen LogP contribution in [0.4, 0.5) is 36.8 Å². The molecule has 0 saturated carbocycles. The number of benzene rings is 1. The van der Waals surface area contributed by atoms with Gasteiger partial charge in [0, 0.05) is 6.07 Å². The van der Waals surface area contributed by atoms with Crippen molar-refractivity contribution >= 4 is 22.8 Å². The number of rotatable bonds is 4. The number of imidazole rings is 1. The highest BCUT2D eigenvalue weighted by Gasteiger charge is 2.43. The summed E-state index contributed by atoms with van der Waals surface area (Å²) in [5, 5.41) is 11.2. The molecule has 28 heavy (non-hydrogen) atoms. The largest absolute Gasteiger partial charge is 0.450 e. The van der Waals surface area contributed by atoms with Gasteiger partial charge in [0.25, 0.3) is 5.69 Å². The van der Waals surface area contributed by atoms with E-state index in [9.17, 15) is 41.3 Å². The maximum atomic E-state index is 13.3. The lowest BCUT2D eigenvalue weighted by atomic mass is 10.1. The molecule has 1 aromatic carbocycles. The van der Waals surface area contributed by atoms with Gasteiger partial charge in [-0.2, -0.15) is 26.3 Å². The second kappa shape index (κ2) is 7.48. The minimum Gasteiger partial charge on any atom is -0.445 e. The van der Waals surface area contributed by atoms with Crippen molar-refractivity contribution in [3.05, 3.63) is 45.8 Å². The van der Waals surface area contributed by atoms with Crippen molar-refractivity contribution in [3.63, 3.8) is 0 Å². The van der Waals surface area contributed by atoms with Crippen LogP contribution >= 0.6 is 0 Å². The normalized spacial score (nSPS) is 12.7. The molecule has 2 rings (SSSR count). The summed E-state index contributed by atoms with van der Waals surface area (Å²) < 4.78 is 82.9. The van der Waals surface area contributed by atoms with Gasteiger partial charge in [-0.05, 0) is 12.5 Å². The predicted molar refractivity (Wildman–Crippen MR) is 82.6 cm³/mol. The molecule has 0 bridgehead atoms. The van der Waals surface area contributed by atoms with E-state index in [2.05, 4.69) is 9.72 Å². The van der Waals surface area contributed by atoms with Gasteiger partial charge in [0.2, 0.25) is 5.82 Å². The third kappa shape index (κ3) is 4.23. The highest BCUT2D eigenvalue weighted by atomic mass is 19.4. The fourth-order valence-electron chi connectivity index (χ4n) is 2.28. The van der Waals surface area contributed by atoms with Crippen molar-refractivity contribution in [3.8, 4) is 0 Å². The molecule has 0 N–H and O–H groups in total. The number of allylic oxidation sites excluding steroid dienone is 1. The fraction of sp³-hybridized carbons (Fsp3) is 0.333. The molecule has 13 heteroatoms. The average molecular weight is 411 g/mol. The summed E-state index contributed by atoms with van der Waals surface area (Å²) in [6.45, 7) is 1.29. The quantitative estimate of drug-likeness (QED) is 0.308. The highest BCUT2D eigenvalue weighted by molar-refractivity contribution is 5.94. The summed E-state index contributed by atoms with van der Waals surface area (Å²) in [6, 6.07) is 0.225. The summed E-state index contributed by atoms with van der Waals surface area (Å²) in [6.07, 6.45) is -8.62. The third-order valence-corrected chi connectivity index (χ3v) is 3.40. The average Bonchev–Trinajstić information content (AvgIpc) is 2.96. The zero-order valence-corrected chi connectivity index (χ0v) is 14.0. The number of fused-ring (bicyclic) bond motifs is 1. The number of nitro benzene ring substituents is 1. The molecule has 0 aliphatic rings. The number of non-ortho nitro benzene ring substituents is 1. The number of carbonyl (C=O) groups excluding carboxylic acids is 1. The van der Waals surface area contributed by atoms with Crippen LogP contribution in [0.5, 0.6) is 0 Å². The minimum absolute atomic E-state index is 0.0327. The molecule has 2 aromatic rings. The number of nitro groups is 1. The van der Waals surface area contributed by atoms with Crippen molar-refractivity contribution in [1.29, 1.82) is 0 Å². The molecule has 0 aliphatic carbocycles. The Morgan fingerprint density at radius 2 is 1.86 bits per heavy atom. The Bertz CT molecular complexity index is 946. The molecular formula is C15H11F6N3O4. The van der Waals surface area contributed by atoms with E-state index in [4.69, 9.17) is 0 Å². The molecule has 1 aromatic heterocycles. The van der Waals surface area contributed by atoms with Crippen LogP contribution < -0.4 is 0 Å². The Morgan fingerprint density at radius 1 is 1.21 bits per heavy atom. The van der Waals surface area contributed by atoms with Crippen molar-refractivity contribution in [2.45, 2.75) is 25.7 Å². The molecule has 0 atom stereocenters.